The van der Waals surface area contributed by atoms with Crippen molar-refractivity contribution < 1.29 is 13.9 Å². The molecule has 1 fully saturated rings. The first-order valence-corrected chi connectivity index (χ1v) is 9.14. The zero-order valence-corrected chi connectivity index (χ0v) is 15.0. The highest BCUT2D eigenvalue weighted by atomic mass is 32.2. The summed E-state index contributed by atoms with van der Waals surface area (Å²) in [5, 5.41) is 4.31. The highest BCUT2D eigenvalue weighted by Crippen LogP contribution is 2.20. The van der Waals surface area contributed by atoms with Gasteiger partial charge in [0, 0.05) is 18.8 Å². The number of ether oxygens (including phenoxy) is 1. The van der Waals surface area contributed by atoms with Crippen molar-refractivity contribution in [2.24, 2.45) is 0 Å². The van der Waals surface area contributed by atoms with Gasteiger partial charge in [-0.1, -0.05) is 30.3 Å². The van der Waals surface area contributed by atoms with E-state index < -0.39 is 0 Å². The molecule has 0 saturated carbocycles. The van der Waals surface area contributed by atoms with Gasteiger partial charge in [0.15, 0.2) is 0 Å². The largest absolute Gasteiger partial charge is 0.468 e. The Morgan fingerprint density at radius 3 is 3.00 bits per heavy atom. The van der Waals surface area contributed by atoms with Gasteiger partial charge in [-0.3, -0.25) is 9.69 Å². The zero-order chi connectivity index (χ0) is 16.9. The number of benzene rings is 1. The lowest BCUT2D eigenvalue weighted by Gasteiger charge is -2.30. The van der Waals surface area contributed by atoms with Crippen LogP contribution in [-0.4, -0.2) is 51.9 Å². The lowest BCUT2D eigenvalue weighted by Crippen LogP contribution is -2.42. The second-order valence-corrected chi connectivity index (χ2v) is 7.18. The molecular weight excluding hydrogens is 346 g/mol. The third kappa shape index (κ3) is 4.25. The fourth-order valence-electron chi connectivity index (χ4n) is 2.58. The minimum atomic E-state index is -0.182. The van der Waals surface area contributed by atoms with Gasteiger partial charge < -0.3 is 9.15 Å². The molecule has 6 nitrogen and oxygen atoms in total. The predicted octanol–water partition coefficient (Wildman–Crippen LogP) is 2.34. The van der Waals surface area contributed by atoms with Gasteiger partial charge in [0.1, 0.15) is 5.25 Å². The van der Waals surface area contributed by atoms with E-state index in [0.717, 1.165) is 17.9 Å². The Kier molecular flexibility index (Phi) is 5.70. The average Bonchev–Trinajstić information content (AvgIpc) is 2.94. The maximum Gasteiger partial charge on any atom is 0.320 e. The van der Waals surface area contributed by atoms with Crippen LogP contribution >= 0.6 is 24.0 Å². The number of aromatic nitrogens is 2. The molecule has 0 aliphatic carbocycles. The number of nitrogens with zero attached hydrogens (tertiary/aromatic N) is 3. The number of rotatable bonds is 5. The maximum atomic E-state index is 11.7. The molecule has 0 bridgehead atoms. The number of hydrogen-bond acceptors (Lipinski definition) is 7. The lowest BCUT2D eigenvalue weighted by molar-refractivity contribution is -0.140. The minimum Gasteiger partial charge on any atom is -0.468 e. The van der Waals surface area contributed by atoms with Crippen molar-refractivity contribution in [1.29, 1.82) is 0 Å². The van der Waals surface area contributed by atoms with Crippen molar-refractivity contribution in [1.82, 2.24) is 14.7 Å². The van der Waals surface area contributed by atoms with Crippen LogP contribution in [0.1, 0.15) is 11.5 Å². The molecule has 0 unspecified atom stereocenters. The van der Waals surface area contributed by atoms with Crippen LogP contribution in [0.25, 0.3) is 0 Å². The van der Waals surface area contributed by atoms with Crippen molar-refractivity contribution in [2.75, 3.05) is 26.0 Å². The number of thioether (sulfide) groups is 1. The van der Waals surface area contributed by atoms with Gasteiger partial charge in [0.05, 0.1) is 20.2 Å². The van der Waals surface area contributed by atoms with E-state index in [4.69, 9.17) is 21.4 Å². The molecule has 3 rings (SSSR count). The SMILES string of the molecule is COC(=O)[C@H]1CN(Cn2nc(Cc3ccccc3)oc2=S)CCS1. The maximum absolute atomic E-state index is 11.7. The Balaban J connectivity index is 1.65. The van der Waals surface area contributed by atoms with Crippen LogP contribution in [0.15, 0.2) is 34.7 Å². The fourth-order valence-corrected chi connectivity index (χ4v) is 3.97. The topological polar surface area (TPSA) is 60.5 Å². The van der Waals surface area contributed by atoms with E-state index in [1.807, 2.05) is 30.3 Å². The Labute approximate surface area is 149 Å². The Morgan fingerprint density at radius 1 is 1.46 bits per heavy atom. The first-order chi connectivity index (χ1) is 11.7. The van der Waals surface area contributed by atoms with Crippen molar-refractivity contribution in [3.63, 3.8) is 0 Å². The van der Waals surface area contributed by atoms with E-state index in [2.05, 4.69) is 10.00 Å². The molecule has 0 radical (unpaired) electrons. The smallest absolute Gasteiger partial charge is 0.320 e. The van der Waals surface area contributed by atoms with E-state index in [9.17, 15) is 4.79 Å². The lowest BCUT2D eigenvalue weighted by atomic mass is 10.2. The number of carbonyl (C=O) groups is 1. The van der Waals surface area contributed by atoms with Crippen LogP contribution in [-0.2, 0) is 22.6 Å². The molecule has 24 heavy (non-hydrogen) atoms. The van der Waals surface area contributed by atoms with E-state index in [1.165, 1.54) is 7.11 Å². The number of hydrogen-bond donors (Lipinski definition) is 0. The quantitative estimate of drug-likeness (QED) is 0.595. The first-order valence-electron chi connectivity index (χ1n) is 7.68. The van der Waals surface area contributed by atoms with Crippen molar-refractivity contribution in [3.8, 4) is 0 Å². The summed E-state index contributed by atoms with van der Waals surface area (Å²) in [6.07, 6.45) is 0.609. The van der Waals surface area contributed by atoms with Crippen LogP contribution in [0.3, 0.4) is 0 Å². The Morgan fingerprint density at radius 2 is 2.25 bits per heavy atom. The molecule has 1 aliphatic rings. The third-order valence-corrected chi connectivity index (χ3v) is 5.25. The van der Waals surface area contributed by atoms with Crippen molar-refractivity contribution >= 4 is 29.9 Å². The van der Waals surface area contributed by atoms with Gasteiger partial charge in [-0.15, -0.1) is 16.9 Å². The van der Waals surface area contributed by atoms with Crippen LogP contribution in [0.4, 0.5) is 0 Å². The molecule has 1 aromatic heterocycles. The summed E-state index contributed by atoms with van der Waals surface area (Å²) in [6, 6.07) is 10.0. The van der Waals surface area contributed by atoms with Crippen LogP contribution < -0.4 is 0 Å². The molecule has 128 valence electrons. The molecular formula is C16H19N3O3S2. The van der Waals surface area contributed by atoms with E-state index in [1.54, 1.807) is 16.4 Å². The Hall–Kier alpha value is -1.64. The molecule has 8 heteroatoms. The van der Waals surface area contributed by atoms with Gasteiger partial charge in [-0.05, 0) is 17.8 Å². The summed E-state index contributed by atoms with van der Waals surface area (Å²) >= 11 is 6.90. The summed E-state index contributed by atoms with van der Waals surface area (Å²) < 4.78 is 12.1. The molecule has 2 aromatic rings. The van der Waals surface area contributed by atoms with Crippen LogP contribution in [0.5, 0.6) is 0 Å². The Bertz CT molecular complexity index is 745. The summed E-state index contributed by atoms with van der Waals surface area (Å²) in [4.78, 5) is 14.2. The fraction of sp³-hybridized carbons (Fsp3) is 0.438. The van der Waals surface area contributed by atoms with E-state index >= 15 is 0 Å². The average molecular weight is 365 g/mol. The van der Waals surface area contributed by atoms with Gasteiger partial charge in [0.25, 0.3) is 4.84 Å². The standard InChI is InChI=1S/C16H19N3O3S2/c1-21-15(20)13-10-18(7-8-24-13)11-19-16(23)22-14(17-19)9-12-5-3-2-4-6-12/h2-6,13H,7-11H2,1H3/t13-/m1/s1. The predicted molar refractivity (Wildman–Crippen MR) is 94.4 cm³/mol. The molecule has 0 spiro atoms. The highest BCUT2D eigenvalue weighted by molar-refractivity contribution is 8.00. The molecule has 2 heterocycles. The minimum absolute atomic E-state index is 0.159. The summed E-state index contributed by atoms with van der Waals surface area (Å²) in [7, 11) is 1.42. The van der Waals surface area contributed by atoms with Crippen LogP contribution in [0.2, 0.25) is 0 Å². The third-order valence-electron chi connectivity index (χ3n) is 3.79. The summed E-state index contributed by atoms with van der Waals surface area (Å²) in [5.74, 6) is 1.29. The van der Waals surface area contributed by atoms with Gasteiger partial charge in [-0.2, -0.15) is 0 Å². The number of carbonyl (C=O) groups excluding carboxylic acids is 1. The molecule has 1 aliphatic heterocycles. The molecule has 1 atom stereocenters. The van der Waals surface area contributed by atoms with E-state index in [-0.39, 0.29) is 11.2 Å². The van der Waals surface area contributed by atoms with Crippen molar-refractivity contribution in [2.45, 2.75) is 18.3 Å². The monoisotopic (exact) mass is 365 g/mol. The molecule has 0 amide bonds. The number of esters is 1. The first kappa shape index (κ1) is 17.2. The highest BCUT2D eigenvalue weighted by Gasteiger charge is 2.27. The molecule has 0 N–H and O–H groups in total. The van der Waals surface area contributed by atoms with Gasteiger partial charge in [0.2, 0.25) is 5.89 Å². The van der Waals surface area contributed by atoms with Crippen molar-refractivity contribution in [3.05, 3.63) is 46.6 Å². The van der Waals surface area contributed by atoms with Gasteiger partial charge in [-0.25, -0.2) is 4.68 Å². The second kappa shape index (κ2) is 7.96. The number of methoxy groups -OCH3 is 1. The normalized spacial score (nSPS) is 18.5. The zero-order valence-electron chi connectivity index (χ0n) is 13.4. The summed E-state index contributed by atoms with van der Waals surface area (Å²) in [5.41, 5.74) is 1.13. The summed E-state index contributed by atoms with van der Waals surface area (Å²) in [6.45, 7) is 2.02. The second-order valence-electron chi connectivity index (χ2n) is 5.52. The van der Waals surface area contributed by atoms with Crippen LogP contribution in [0, 0.1) is 4.84 Å². The molecule has 1 saturated heterocycles. The molecule has 1 aromatic carbocycles. The van der Waals surface area contributed by atoms with Gasteiger partial charge >= 0.3 is 5.97 Å². The van der Waals surface area contributed by atoms with E-state index in [0.29, 0.717) is 30.4 Å².